The molecule has 3 rings (SSSR count). The molecule has 1 N–H and O–H groups in total. The molecular weight excluding hydrogens is 294 g/mol. The van der Waals surface area contributed by atoms with Gasteiger partial charge in [0, 0.05) is 22.3 Å². The lowest BCUT2D eigenvalue weighted by molar-refractivity contribution is 0.202. The molecule has 0 radical (unpaired) electrons. The van der Waals surface area contributed by atoms with Gasteiger partial charge in [-0.3, -0.25) is 0 Å². The average molecular weight is 315 g/mol. The Hall–Kier alpha value is -0.430. The molecule has 2 unspecified atom stereocenters. The third-order valence-corrected chi connectivity index (χ3v) is 7.82. The van der Waals surface area contributed by atoms with E-state index in [1.807, 2.05) is 6.92 Å². The van der Waals surface area contributed by atoms with Crippen LogP contribution in [0.4, 0.5) is 0 Å². The molecule has 1 saturated carbocycles. The lowest BCUT2D eigenvalue weighted by Crippen LogP contribution is -2.46. The van der Waals surface area contributed by atoms with Crippen LogP contribution in [0.1, 0.15) is 41.9 Å². The first-order chi connectivity index (χ1) is 9.54. The van der Waals surface area contributed by atoms with E-state index >= 15 is 0 Å². The van der Waals surface area contributed by atoms with Crippen LogP contribution in [0.5, 0.6) is 0 Å². The highest BCUT2D eigenvalue weighted by molar-refractivity contribution is 7.89. The van der Waals surface area contributed by atoms with Crippen molar-refractivity contribution in [1.29, 1.82) is 0 Å². The zero-order chi connectivity index (χ0) is 14.3. The lowest BCUT2D eigenvalue weighted by Gasteiger charge is -2.36. The van der Waals surface area contributed by atoms with Crippen LogP contribution in [0.3, 0.4) is 0 Å². The largest absolute Gasteiger partial charge is 0.391 e. The Morgan fingerprint density at radius 1 is 1.35 bits per heavy atom. The minimum Gasteiger partial charge on any atom is -0.391 e. The number of rotatable bonds is 3. The Labute approximate surface area is 124 Å². The quantitative estimate of drug-likeness (QED) is 0.932. The van der Waals surface area contributed by atoms with Crippen molar-refractivity contribution in [2.24, 2.45) is 5.92 Å². The third kappa shape index (κ3) is 2.32. The van der Waals surface area contributed by atoms with Gasteiger partial charge in [0.05, 0.1) is 11.5 Å². The Kier molecular flexibility index (Phi) is 3.92. The SMILES string of the molecule is Cc1sc(CO)cc1S(=O)(=O)N1CCCC2CCCC21. The number of fused-ring (bicyclic) bond motifs is 1. The highest BCUT2D eigenvalue weighted by Crippen LogP contribution is 2.40. The van der Waals surface area contributed by atoms with Crippen molar-refractivity contribution in [3.63, 3.8) is 0 Å². The van der Waals surface area contributed by atoms with Crippen molar-refractivity contribution >= 4 is 21.4 Å². The van der Waals surface area contributed by atoms with Gasteiger partial charge in [0.1, 0.15) is 0 Å². The first-order valence-corrected chi connectivity index (χ1v) is 9.51. The molecule has 4 nitrogen and oxygen atoms in total. The molecule has 2 fully saturated rings. The molecule has 0 aromatic carbocycles. The van der Waals surface area contributed by atoms with Gasteiger partial charge in [-0.1, -0.05) is 6.42 Å². The fraction of sp³-hybridized carbons (Fsp3) is 0.714. The Balaban J connectivity index is 1.96. The van der Waals surface area contributed by atoms with E-state index in [0.29, 0.717) is 17.4 Å². The topological polar surface area (TPSA) is 57.6 Å². The van der Waals surface area contributed by atoms with Crippen LogP contribution in [0.2, 0.25) is 0 Å². The molecule has 1 aromatic heterocycles. The predicted molar refractivity (Wildman–Crippen MR) is 79.2 cm³/mol. The Morgan fingerprint density at radius 3 is 2.80 bits per heavy atom. The molecule has 1 aliphatic heterocycles. The molecule has 0 amide bonds. The number of thiophene rings is 1. The standard InChI is InChI=1S/C14H21NO3S2/c1-10-14(8-12(9-16)19-10)20(17,18)15-7-3-5-11-4-2-6-13(11)15/h8,11,13,16H,2-7,9H2,1H3. The number of sulfonamides is 1. The molecule has 112 valence electrons. The number of hydrogen-bond donors (Lipinski definition) is 1. The van der Waals surface area contributed by atoms with Gasteiger partial charge < -0.3 is 5.11 Å². The summed E-state index contributed by atoms with van der Waals surface area (Å²) in [4.78, 5) is 1.91. The predicted octanol–water partition coefficient (Wildman–Crippen LogP) is 2.50. The number of aliphatic hydroxyl groups is 1. The fourth-order valence-electron chi connectivity index (χ4n) is 3.69. The summed E-state index contributed by atoms with van der Waals surface area (Å²) >= 11 is 1.37. The second-order valence-electron chi connectivity index (χ2n) is 5.81. The average Bonchev–Trinajstić information content (AvgIpc) is 3.03. The molecule has 0 bridgehead atoms. The number of nitrogens with zero attached hydrogens (tertiary/aromatic N) is 1. The maximum absolute atomic E-state index is 12.9. The minimum atomic E-state index is -3.40. The van der Waals surface area contributed by atoms with Crippen molar-refractivity contribution in [3.05, 3.63) is 15.8 Å². The summed E-state index contributed by atoms with van der Waals surface area (Å²) < 4.78 is 27.6. The summed E-state index contributed by atoms with van der Waals surface area (Å²) in [7, 11) is -3.40. The molecule has 6 heteroatoms. The van der Waals surface area contributed by atoms with Gasteiger partial charge in [0.25, 0.3) is 0 Å². The summed E-state index contributed by atoms with van der Waals surface area (Å²) in [5, 5.41) is 9.20. The van der Waals surface area contributed by atoms with Crippen molar-refractivity contribution in [3.8, 4) is 0 Å². The van der Waals surface area contributed by atoms with Crippen LogP contribution in [0, 0.1) is 12.8 Å². The van der Waals surface area contributed by atoms with E-state index in [2.05, 4.69) is 0 Å². The van der Waals surface area contributed by atoms with E-state index in [4.69, 9.17) is 0 Å². The van der Waals surface area contributed by atoms with Crippen molar-refractivity contribution < 1.29 is 13.5 Å². The number of aliphatic hydroxyl groups excluding tert-OH is 1. The van der Waals surface area contributed by atoms with Gasteiger partial charge in [-0.25, -0.2) is 8.42 Å². The summed E-state index contributed by atoms with van der Waals surface area (Å²) in [6.07, 6.45) is 5.45. The summed E-state index contributed by atoms with van der Waals surface area (Å²) in [6.45, 7) is 2.38. The number of aryl methyl sites for hydroxylation is 1. The van der Waals surface area contributed by atoms with Crippen molar-refractivity contribution in [1.82, 2.24) is 4.31 Å². The van der Waals surface area contributed by atoms with Gasteiger partial charge in [-0.15, -0.1) is 11.3 Å². The van der Waals surface area contributed by atoms with Crippen LogP contribution in [0.15, 0.2) is 11.0 Å². The molecule has 0 spiro atoms. The van der Waals surface area contributed by atoms with E-state index < -0.39 is 10.0 Å². The maximum Gasteiger partial charge on any atom is 0.244 e. The van der Waals surface area contributed by atoms with Crippen LogP contribution >= 0.6 is 11.3 Å². The second-order valence-corrected chi connectivity index (χ2v) is 9.01. The first kappa shape index (κ1) is 14.5. The minimum absolute atomic E-state index is 0.0902. The summed E-state index contributed by atoms with van der Waals surface area (Å²) in [5.74, 6) is 0.551. The third-order valence-electron chi connectivity index (χ3n) is 4.61. The molecule has 2 aliphatic rings. The normalized spacial score (nSPS) is 27.7. The van der Waals surface area contributed by atoms with Gasteiger partial charge in [-0.05, 0) is 44.6 Å². The highest BCUT2D eigenvalue weighted by Gasteiger charge is 2.41. The van der Waals surface area contributed by atoms with E-state index in [1.54, 1.807) is 10.4 Å². The summed E-state index contributed by atoms with van der Waals surface area (Å²) in [5.41, 5.74) is 0. The molecule has 2 atom stereocenters. The number of hydrogen-bond acceptors (Lipinski definition) is 4. The first-order valence-electron chi connectivity index (χ1n) is 7.26. The molecule has 1 aromatic rings. The molecular formula is C14H21NO3S2. The Morgan fingerprint density at radius 2 is 2.10 bits per heavy atom. The van der Waals surface area contributed by atoms with Crippen LogP contribution < -0.4 is 0 Å². The monoisotopic (exact) mass is 315 g/mol. The van der Waals surface area contributed by atoms with Crippen LogP contribution in [-0.4, -0.2) is 30.4 Å². The number of piperidine rings is 1. The van der Waals surface area contributed by atoms with E-state index in [-0.39, 0.29) is 12.6 Å². The molecule has 20 heavy (non-hydrogen) atoms. The maximum atomic E-state index is 12.9. The van der Waals surface area contributed by atoms with Gasteiger partial charge in [0.2, 0.25) is 10.0 Å². The fourth-order valence-corrected chi connectivity index (χ4v) is 6.91. The highest BCUT2D eigenvalue weighted by atomic mass is 32.2. The van der Waals surface area contributed by atoms with Gasteiger partial charge in [0.15, 0.2) is 0 Å². The van der Waals surface area contributed by atoms with Crippen molar-refractivity contribution in [2.45, 2.75) is 56.6 Å². The zero-order valence-corrected chi connectivity index (χ0v) is 13.3. The summed E-state index contributed by atoms with van der Waals surface area (Å²) in [6, 6.07) is 1.85. The van der Waals surface area contributed by atoms with E-state index in [1.165, 1.54) is 24.2 Å². The molecule has 2 heterocycles. The Bertz CT molecular complexity index is 594. The van der Waals surface area contributed by atoms with Gasteiger partial charge in [-0.2, -0.15) is 4.31 Å². The van der Waals surface area contributed by atoms with E-state index in [0.717, 1.165) is 29.0 Å². The van der Waals surface area contributed by atoms with Crippen LogP contribution in [0.25, 0.3) is 0 Å². The smallest absolute Gasteiger partial charge is 0.244 e. The zero-order valence-electron chi connectivity index (χ0n) is 11.7. The van der Waals surface area contributed by atoms with E-state index in [9.17, 15) is 13.5 Å². The van der Waals surface area contributed by atoms with Gasteiger partial charge >= 0.3 is 0 Å². The van der Waals surface area contributed by atoms with Crippen LogP contribution in [-0.2, 0) is 16.6 Å². The molecule has 1 aliphatic carbocycles. The second kappa shape index (κ2) is 5.40. The molecule has 1 saturated heterocycles. The lowest BCUT2D eigenvalue weighted by atomic mass is 9.94. The van der Waals surface area contributed by atoms with Crippen molar-refractivity contribution in [2.75, 3.05) is 6.54 Å².